The standard InChI is InChI=1S/C10H10N2O2/c1-6-3-8-9(12-4-6)7(5-11-8)10(13)14-2/h3-5,11H,1-2H3. The van der Waals surface area contributed by atoms with Gasteiger partial charge < -0.3 is 9.72 Å². The summed E-state index contributed by atoms with van der Waals surface area (Å²) in [5.41, 5.74) is 3.03. The Bertz CT molecular complexity index is 488. The predicted molar refractivity (Wildman–Crippen MR) is 52.2 cm³/mol. The number of esters is 1. The molecule has 0 aliphatic heterocycles. The second kappa shape index (κ2) is 3.14. The molecule has 0 radical (unpaired) electrons. The number of ether oxygens (including phenoxy) is 1. The highest BCUT2D eigenvalue weighted by atomic mass is 16.5. The number of hydrogen-bond donors (Lipinski definition) is 1. The van der Waals surface area contributed by atoms with Gasteiger partial charge in [0.1, 0.15) is 11.1 Å². The van der Waals surface area contributed by atoms with Crippen molar-refractivity contribution in [2.75, 3.05) is 7.11 Å². The first-order valence-corrected chi connectivity index (χ1v) is 4.24. The summed E-state index contributed by atoms with van der Waals surface area (Å²) in [6.45, 7) is 1.95. The maximum atomic E-state index is 11.3. The van der Waals surface area contributed by atoms with E-state index in [0.717, 1.165) is 11.1 Å². The number of rotatable bonds is 1. The van der Waals surface area contributed by atoms with E-state index in [2.05, 4.69) is 14.7 Å². The van der Waals surface area contributed by atoms with Gasteiger partial charge in [0, 0.05) is 12.4 Å². The van der Waals surface area contributed by atoms with Crippen LogP contribution in [0.4, 0.5) is 0 Å². The van der Waals surface area contributed by atoms with Gasteiger partial charge in [-0.05, 0) is 18.6 Å². The van der Waals surface area contributed by atoms with Crippen LogP contribution >= 0.6 is 0 Å². The molecule has 0 aromatic carbocycles. The van der Waals surface area contributed by atoms with E-state index in [1.54, 1.807) is 12.4 Å². The van der Waals surface area contributed by atoms with Gasteiger partial charge in [-0.1, -0.05) is 0 Å². The lowest BCUT2D eigenvalue weighted by Crippen LogP contribution is -2.00. The summed E-state index contributed by atoms with van der Waals surface area (Å²) < 4.78 is 4.63. The van der Waals surface area contributed by atoms with Crippen LogP contribution in [0.25, 0.3) is 11.0 Å². The lowest BCUT2D eigenvalue weighted by atomic mass is 10.2. The number of aromatic nitrogens is 2. The van der Waals surface area contributed by atoms with E-state index in [4.69, 9.17) is 0 Å². The van der Waals surface area contributed by atoms with Gasteiger partial charge in [-0.3, -0.25) is 4.98 Å². The maximum absolute atomic E-state index is 11.3. The molecule has 1 N–H and O–H groups in total. The number of hydrogen-bond acceptors (Lipinski definition) is 3. The third-order valence-corrected chi connectivity index (χ3v) is 2.06. The van der Waals surface area contributed by atoms with Crippen LogP contribution in [0.3, 0.4) is 0 Å². The Morgan fingerprint density at radius 1 is 1.57 bits per heavy atom. The van der Waals surface area contributed by atoms with Gasteiger partial charge in [-0.25, -0.2) is 4.79 Å². The summed E-state index contributed by atoms with van der Waals surface area (Å²) >= 11 is 0. The Hall–Kier alpha value is -1.84. The van der Waals surface area contributed by atoms with Crippen molar-refractivity contribution in [1.82, 2.24) is 9.97 Å². The second-order valence-corrected chi connectivity index (χ2v) is 3.10. The zero-order valence-corrected chi connectivity index (χ0v) is 8.00. The smallest absolute Gasteiger partial charge is 0.341 e. The van der Waals surface area contributed by atoms with E-state index in [0.29, 0.717) is 11.1 Å². The number of aryl methyl sites for hydroxylation is 1. The third kappa shape index (κ3) is 1.25. The van der Waals surface area contributed by atoms with Gasteiger partial charge in [0.25, 0.3) is 0 Å². The van der Waals surface area contributed by atoms with Crippen LogP contribution < -0.4 is 0 Å². The number of pyridine rings is 1. The number of methoxy groups -OCH3 is 1. The normalized spacial score (nSPS) is 10.4. The van der Waals surface area contributed by atoms with Gasteiger partial charge in [0.2, 0.25) is 0 Å². The summed E-state index contributed by atoms with van der Waals surface area (Å²) in [5.74, 6) is -0.368. The van der Waals surface area contributed by atoms with Crippen molar-refractivity contribution < 1.29 is 9.53 Å². The third-order valence-electron chi connectivity index (χ3n) is 2.06. The molecule has 0 amide bonds. The van der Waals surface area contributed by atoms with E-state index in [9.17, 15) is 4.79 Å². The van der Waals surface area contributed by atoms with Gasteiger partial charge in [0.15, 0.2) is 0 Å². The fraction of sp³-hybridized carbons (Fsp3) is 0.200. The molecule has 2 rings (SSSR count). The summed E-state index contributed by atoms with van der Waals surface area (Å²) in [7, 11) is 1.36. The monoisotopic (exact) mass is 190 g/mol. The van der Waals surface area contributed by atoms with Crippen molar-refractivity contribution in [3.63, 3.8) is 0 Å². The minimum atomic E-state index is -0.368. The largest absolute Gasteiger partial charge is 0.465 e. The van der Waals surface area contributed by atoms with E-state index in [1.807, 2.05) is 13.0 Å². The highest BCUT2D eigenvalue weighted by molar-refractivity contribution is 6.02. The predicted octanol–water partition coefficient (Wildman–Crippen LogP) is 1.66. The number of nitrogens with zero attached hydrogens (tertiary/aromatic N) is 1. The molecule has 0 atom stereocenters. The van der Waals surface area contributed by atoms with Crippen LogP contribution in [0.5, 0.6) is 0 Å². The Morgan fingerprint density at radius 2 is 2.36 bits per heavy atom. The molecule has 2 heterocycles. The fourth-order valence-electron chi connectivity index (χ4n) is 1.38. The molecular formula is C10H10N2O2. The molecule has 2 aromatic rings. The topological polar surface area (TPSA) is 55.0 Å². The van der Waals surface area contributed by atoms with E-state index in [-0.39, 0.29) is 5.97 Å². The van der Waals surface area contributed by atoms with Crippen LogP contribution in [-0.4, -0.2) is 23.0 Å². The van der Waals surface area contributed by atoms with Crippen molar-refractivity contribution in [3.05, 3.63) is 29.6 Å². The Morgan fingerprint density at radius 3 is 3.07 bits per heavy atom. The molecule has 0 fully saturated rings. The van der Waals surface area contributed by atoms with Crippen LogP contribution in [0, 0.1) is 6.92 Å². The van der Waals surface area contributed by atoms with E-state index >= 15 is 0 Å². The minimum absolute atomic E-state index is 0.368. The first kappa shape index (κ1) is 8.74. The Labute approximate surface area is 80.9 Å². The maximum Gasteiger partial charge on any atom is 0.341 e. The summed E-state index contributed by atoms with van der Waals surface area (Å²) in [5, 5.41) is 0. The Kier molecular flexibility index (Phi) is 1.96. The van der Waals surface area contributed by atoms with Gasteiger partial charge >= 0.3 is 5.97 Å². The van der Waals surface area contributed by atoms with E-state index < -0.39 is 0 Å². The van der Waals surface area contributed by atoms with Gasteiger partial charge in [-0.15, -0.1) is 0 Å². The van der Waals surface area contributed by atoms with Crippen LogP contribution in [0.15, 0.2) is 18.5 Å². The first-order chi connectivity index (χ1) is 6.72. The molecule has 72 valence electrons. The second-order valence-electron chi connectivity index (χ2n) is 3.10. The number of aromatic amines is 1. The van der Waals surface area contributed by atoms with E-state index in [1.165, 1.54) is 7.11 Å². The van der Waals surface area contributed by atoms with Crippen molar-refractivity contribution in [1.29, 1.82) is 0 Å². The quantitative estimate of drug-likeness (QED) is 0.696. The Balaban J connectivity index is 2.64. The highest BCUT2D eigenvalue weighted by Crippen LogP contribution is 2.16. The molecule has 0 unspecified atom stereocenters. The number of carbonyl (C=O) groups is 1. The molecule has 0 spiro atoms. The molecule has 4 nitrogen and oxygen atoms in total. The van der Waals surface area contributed by atoms with Gasteiger partial charge in [0.05, 0.1) is 12.6 Å². The lowest BCUT2D eigenvalue weighted by molar-refractivity contribution is 0.0603. The van der Waals surface area contributed by atoms with Crippen LogP contribution in [0.2, 0.25) is 0 Å². The van der Waals surface area contributed by atoms with Crippen molar-refractivity contribution in [2.45, 2.75) is 6.92 Å². The zero-order valence-electron chi connectivity index (χ0n) is 8.00. The molecule has 14 heavy (non-hydrogen) atoms. The molecular weight excluding hydrogens is 180 g/mol. The van der Waals surface area contributed by atoms with Crippen LogP contribution in [0.1, 0.15) is 15.9 Å². The summed E-state index contributed by atoms with van der Waals surface area (Å²) in [6.07, 6.45) is 3.34. The number of H-pyrrole nitrogens is 1. The summed E-state index contributed by atoms with van der Waals surface area (Å²) in [6, 6.07) is 1.94. The first-order valence-electron chi connectivity index (χ1n) is 4.24. The van der Waals surface area contributed by atoms with Crippen molar-refractivity contribution in [3.8, 4) is 0 Å². The van der Waals surface area contributed by atoms with Crippen LogP contribution in [-0.2, 0) is 4.74 Å². The summed E-state index contributed by atoms with van der Waals surface area (Å²) in [4.78, 5) is 18.4. The van der Waals surface area contributed by atoms with Crippen molar-refractivity contribution in [2.24, 2.45) is 0 Å². The highest BCUT2D eigenvalue weighted by Gasteiger charge is 2.12. The zero-order chi connectivity index (χ0) is 10.1. The number of fused-ring (bicyclic) bond motifs is 1. The number of nitrogens with one attached hydrogen (secondary N) is 1. The number of carbonyl (C=O) groups excluding carboxylic acids is 1. The lowest BCUT2D eigenvalue weighted by Gasteiger charge is -1.96. The molecule has 0 aliphatic rings. The average molecular weight is 190 g/mol. The van der Waals surface area contributed by atoms with Gasteiger partial charge in [-0.2, -0.15) is 0 Å². The average Bonchev–Trinajstić information content (AvgIpc) is 2.59. The van der Waals surface area contributed by atoms with Crippen molar-refractivity contribution >= 4 is 17.0 Å². The molecule has 0 bridgehead atoms. The minimum Gasteiger partial charge on any atom is -0.465 e. The molecule has 4 heteroatoms. The molecule has 0 aliphatic carbocycles. The molecule has 0 saturated heterocycles. The fourth-order valence-corrected chi connectivity index (χ4v) is 1.38. The SMILES string of the molecule is COC(=O)c1c[nH]c2cc(C)cnc12. The molecule has 0 saturated carbocycles. The molecule has 2 aromatic heterocycles.